The predicted octanol–water partition coefficient (Wildman–Crippen LogP) is 10.7. The molecular weight excluding hydrogens is 675 g/mol. The minimum atomic E-state index is -4.55. The van der Waals surface area contributed by atoms with Crippen molar-refractivity contribution in [2.24, 2.45) is 11.8 Å². The summed E-state index contributed by atoms with van der Waals surface area (Å²) in [7, 11) is -4.55. The molecule has 9 aliphatic rings. The number of aromatic hydroxyl groups is 1. The van der Waals surface area contributed by atoms with Crippen LogP contribution in [0, 0.1) is 24.2 Å². The summed E-state index contributed by atoms with van der Waals surface area (Å²) >= 11 is 0. The summed E-state index contributed by atoms with van der Waals surface area (Å²) in [6, 6.07) is 13.7. The van der Waals surface area contributed by atoms with Gasteiger partial charge in [0, 0.05) is 70.1 Å². The lowest BCUT2D eigenvalue weighted by Crippen LogP contribution is -2.23. The number of phenolic OH excluding ortho intramolecular Hbond substituents is 1. The summed E-state index contributed by atoms with van der Waals surface area (Å²) in [5.41, 5.74) is 17.1. The zero-order chi connectivity index (χ0) is 35.7. The molecule has 9 unspecified atom stereocenters. The molecule has 6 bridgehead atoms. The van der Waals surface area contributed by atoms with Crippen LogP contribution in [0.5, 0.6) is 11.5 Å². The number of phosphoric ester groups is 1. The van der Waals surface area contributed by atoms with E-state index < -0.39 is 7.82 Å². The van der Waals surface area contributed by atoms with E-state index in [1.807, 2.05) is 0 Å². The lowest BCUT2D eigenvalue weighted by Gasteiger charge is -2.38. The predicted molar refractivity (Wildman–Crippen MR) is 205 cm³/mol. The van der Waals surface area contributed by atoms with Gasteiger partial charge in [-0.05, 0) is 106 Å². The number of terminal acetylenes is 1. The third-order valence-corrected chi connectivity index (χ3v) is 16.1. The van der Waals surface area contributed by atoms with Crippen molar-refractivity contribution in [2.75, 3.05) is 6.61 Å². The van der Waals surface area contributed by atoms with Gasteiger partial charge in [0.2, 0.25) is 0 Å². The molecule has 2 fully saturated rings. The van der Waals surface area contributed by atoms with E-state index in [0.717, 1.165) is 47.1 Å². The molecule has 0 amide bonds. The van der Waals surface area contributed by atoms with Gasteiger partial charge in [-0.2, -0.15) is 0 Å². The number of benzene rings is 3. The van der Waals surface area contributed by atoms with Crippen LogP contribution in [0.3, 0.4) is 0 Å². The Labute approximate surface area is 311 Å². The van der Waals surface area contributed by atoms with Crippen molar-refractivity contribution >= 4 is 7.82 Å². The molecule has 0 radical (unpaired) electrons. The first kappa shape index (κ1) is 31.3. The third kappa shape index (κ3) is 4.00. The number of phosphoric acid groups is 1. The van der Waals surface area contributed by atoms with Crippen molar-refractivity contribution in [3.63, 3.8) is 0 Å². The molecule has 0 saturated heterocycles. The van der Waals surface area contributed by atoms with E-state index in [9.17, 15) is 14.6 Å². The van der Waals surface area contributed by atoms with Crippen LogP contribution in [0.1, 0.15) is 155 Å². The van der Waals surface area contributed by atoms with Crippen LogP contribution >= 0.6 is 7.82 Å². The Bertz CT molecular complexity index is 2440. The molecule has 2 N–H and O–H groups in total. The monoisotopic (exact) mass is 718 g/mol. The Balaban J connectivity index is 1.02. The molecule has 0 aliphatic heterocycles. The van der Waals surface area contributed by atoms with Crippen molar-refractivity contribution in [1.29, 1.82) is 0 Å². The molecule has 0 aromatic heterocycles. The molecule has 9 aliphatic carbocycles. The van der Waals surface area contributed by atoms with Crippen LogP contribution in [0.25, 0.3) is 0 Å². The van der Waals surface area contributed by atoms with Crippen LogP contribution in [0.2, 0.25) is 0 Å². The Morgan fingerprint density at radius 2 is 1.57 bits per heavy atom. The second-order valence-corrected chi connectivity index (χ2v) is 18.9. The van der Waals surface area contributed by atoms with Crippen LogP contribution in [-0.4, -0.2) is 16.6 Å². The molecule has 0 heterocycles. The molecule has 2 saturated carbocycles. The molecule has 12 rings (SSSR count). The fourth-order valence-corrected chi connectivity index (χ4v) is 14.0. The maximum Gasteiger partial charge on any atom is 0.527 e. The van der Waals surface area contributed by atoms with Gasteiger partial charge in [-0.15, -0.1) is 12.3 Å². The van der Waals surface area contributed by atoms with E-state index >= 15 is 0 Å². The Hall–Kier alpha value is -4.07. The standard InChI is InChI=1S/C47H43O5P/c1-4-5-12-51-53(49,50)52-47-44-39-20-37(30-14-23(3)28-16-25(17-31(30)39)26-8-6-7-9-27(26)28)42(44)46(48)43-38-21-40(45(43)47)33-19-36-34(18-32(33)38)35-15-24-11-10-22(2)13-29(24)41(35)36/h1,6-9,13-14,17-19,22,24-25,28,35,37-41,48H,3,5,10-12,15-16,20-21H2,2H3,(H,49,50)/t22-,24?,25?,28?,35-,37?,38?,39?,40?,41?/m1/s1. The van der Waals surface area contributed by atoms with E-state index in [-0.39, 0.29) is 48.5 Å². The summed E-state index contributed by atoms with van der Waals surface area (Å²) in [5, 5.41) is 12.6. The quantitative estimate of drug-likeness (QED) is 0.119. The zero-order valence-corrected chi connectivity index (χ0v) is 30.9. The number of phenols is 1. The van der Waals surface area contributed by atoms with Crippen molar-refractivity contribution in [2.45, 2.75) is 99.2 Å². The summed E-state index contributed by atoms with van der Waals surface area (Å²) < 4.78 is 25.6. The SMILES string of the molecule is C#CCCOP(=O)(O)Oc1c2c(c(O)c3c1C1CC3c3cc4c(cc31)C1C3=C[C@H](C)CCC3C[C@H]41)C1CC2C2=CC3CC(C(=C)C=C21)c1ccccc13. The molecule has 0 spiro atoms. The zero-order valence-electron chi connectivity index (χ0n) is 30.0. The Morgan fingerprint density at radius 1 is 0.849 bits per heavy atom. The molecule has 53 heavy (non-hydrogen) atoms. The first-order chi connectivity index (χ1) is 25.7. The van der Waals surface area contributed by atoms with Crippen LogP contribution in [-0.2, 0) is 9.09 Å². The summed E-state index contributed by atoms with van der Waals surface area (Å²) in [5.74, 6) is 6.22. The summed E-state index contributed by atoms with van der Waals surface area (Å²) in [4.78, 5) is 11.3. The largest absolute Gasteiger partial charge is 0.527 e. The van der Waals surface area contributed by atoms with Crippen LogP contribution in [0.4, 0.5) is 0 Å². The first-order valence-electron chi connectivity index (χ1n) is 19.8. The number of hydrogen-bond donors (Lipinski definition) is 2. The highest BCUT2D eigenvalue weighted by atomic mass is 31.2. The number of allylic oxidation sites excluding steroid dienone is 7. The van der Waals surface area contributed by atoms with Crippen molar-refractivity contribution in [3.05, 3.63) is 139 Å². The van der Waals surface area contributed by atoms with Gasteiger partial charge in [0.1, 0.15) is 11.5 Å². The minimum Gasteiger partial charge on any atom is -0.507 e. The van der Waals surface area contributed by atoms with Gasteiger partial charge in [-0.1, -0.05) is 73.7 Å². The number of hydrogen-bond acceptors (Lipinski definition) is 4. The minimum absolute atomic E-state index is 0.0196. The molecule has 11 atom stereocenters. The molecule has 5 nitrogen and oxygen atoms in total. The molecular formula is C47H43O5P. The summed E-state index contributed by atoms with van der Waals surface area (Å²) in [6.07, 6.45) is 19.5. The van der Waals surface area contributed by atoms with E-state index in [4.69, 9.17) is 15.5 Å². The fourth-order valence-electron chi connectivity index (χ4n) is 13.2. The highest BCUT2D eigenvalue weighted by molar-refractivity contribution is 7.47. The second kappa shape index (κ2) is 10.6. The van der Waals surface area contributed by atoms with Gasteiger partial charge in [0.15, 0.2) is 0 Å². The topological polar surface area (TPSA) is 76.0 Å². The number of fused-ring (bicyclic) bond motifs is 27. The van der Waals surface area contributed by atoms with Gasteiger partial charge in [-0.3, -0.25) is 9.42 Å². The average Bonchev–Trinajstić information content (AvgIpc) is 3.97. The smallest absolute Gasteiger partial charge is 0.507 e. The van der Waals surface area contributed by atoms with E-state index in [0.29, 0.717) is 35.2 Å². The van der Waals surface area contributed by atoms with Crippen LogP contribution < -0.4 is 4.52 Å². The van der Waals surface area contributed by atoms with E-state index in [2.05, 4.69) is 74.0 Å². The van der Waals surface area contributed by atoms with Crippen molar-refractivity contribution < 1.29 is 23.6 Å². The highest BCUT2D eigenvalue weighted by Crippen LogP contribution is 2.73. The normalized spacial score (nSPS) is 34.7. The molecule has 3 aromatic carbocycles. The second-order valence-electron chi connectivity index (χ2n) is 17.5. The van der Waals surface area contributed by atoms with Gasteiger partial charge in [0.05, 0.1) is 6.61 Å². The van der Waals surface area contributed by atoms with Gasteiger partial charge in [-0.25, -0.2) is 4.57 Å². The maximum atomic E-state index is 13.8. The molecule has 6 heteroatoms. The fraction of sp³-hybridized carbons (Fsp3) is 0.404. The Kier molecular flexibility index (Phi) is 6.24. The molecule has 3 aromatic rings. The summed E-state index contributed by atoms with van der Waals surface area (Å²) in [6.45, 7) is 6.89. The lowest BCUT2D eigenvalue weighted by molar-refractivity contribution is 0.206. The van der Waals surface area contributed by atoms with E-state index in [1.165, 1.54) is 63.8 Å². The van der Waals surface area contributed by atoms with Gasteiger partial charge < -0.3 is 9.63 Å². The van der Waals surface area contributed by atoms with Crippen molar-refractivity contribution in [3.8, 4) is 23.8 Å². The lowest BCUT2D eigenvalue weighted by atomic mass is 9.65. The van der Waals surface area contributed by atoms with Crippen LogP contribution in [0.15, 0.2) is 83.5 Å². The maximum absolute atomic E-state index is 13.8. The van der Waals surface area contributed by atoms with Gasteiger partial charge in [0.25, 0.3) is 0 Å². The first-order valence-corrected chi connectivity index (χ1v) is 21.3. The number of rotatable bonds is 5. The highest BCUT2D eigenvalue weighted by Gasteiger charge is 2.57. The van der Waals surface area contributed by atoms with Gasteiger partial charge >= 0.3 is 7.82 Å². The van der Waals surface area contributed by atoms with E-state index in [1.54, 1.807) is 5.57 Å². The molecule has 266 valence electrons. The average molecular weight is 719 g/mol. The van der Waals surface area contributed by atoms with Crippen molar-refractivity contribution in [1.82, 2.24) is 0 Å². The Morgan fingerprint density at radius 3 is 2.40 bits per heavy atom. The third-order valence-electron chi connectivity index (χ3n) is 15.1.